The second kappa shape index (κ2) is 6.38. The van der Waals surface area contributed by atoms with Crippen molar-refractivity contribution in [3.63, 3.8) is 0 Å². The maximum absolute atomic E-state index is 12.0. The minimum Gasteiger partial charge on any atom is -0.479 e. The smallest absolute Gasteiger partial charge is 0.337 e. The molecule has 0 amide bonds. The van der Waals surface area contributed by atoms with Gasteiger partial charge >= 0.3 is 5.97 Å². The molecule has 0 fully saturated rings. The van der Waals surface area contributed by atoms with Crippen LogP contribution >= 0.6 is 11.3 Å². The van der Waals surface area contributed by atoms with Gasteiger partial charge in [0, 0.05) is 15.1 Å². The summed E-state index contributed by atoms with van der Waals surface area (Å²) < 4.78 is 6.99. The Bertz CT molecular complexity index is 859. The minimum atomic E-state index is -1.00. The zero-order valence-corrected chi connectivity index (χ0v) is 14.8. The van der Waals surface area contributed by atoms with Crippen LogP contribution < -0.4 is 0 Å². The number of rotatable bonds is 4. The molecule has 4 heteroatoms. The molecule has 0 saturated carbocycles. The number of carboxylic acids is 1. The molecule has 24 heavy (non-hydrogen) atoms. The van der Waals surface area contributed by atoms with E-state index in [1.807, 2.05) is 75.4 Å². The molecule has 1 aromatic heterocycles. The number of aliphatic carboxylic acids is 1. The molecule has 1 N–H and O–H groups in total. The summed E-state index contributed by atoms with van der Waals surface area (Å²) in [5, 5.41) is 10.8. The monoisotopic (exact) mass is 340 g/mol. The van der Waals surface area contributed by atoms with Crippen molar-refractivity contribution in [2.24, 2.45) is 0 Å². The molecule has 0 spiro atoms. The molecule has 0 radical (unpaired) electrons. The van der Waals surface area contributed by atoms with E-state index in [0.29, 0.717) is 0 Å². The number of fused-ring (bicyclic) bond motifs is 1. The number of hydrogen-bond acceptors (Lipinski definition) is 3. The van der Waals surface area contributed by atoms with Crippen molar-refractivity contribution in [3.8, 4) is 10.4 Å². The van der Waals surface area contributed by atoms with Crippen LogP contribution in [0, 0.1) is 0 Å². The Labute approximate surface area is 145 Å². The van der Waals surface area contributed by atoms with Gasteiger partial charge in [0.15, 0.2) is 6.10 Å². The van der Waals surface area contributed by atoms with Gasteiger partial charge in [0.1, 0.15) is 0 Å². The van der Waals surface area contributed by atoms with Crippen molar-refractivity contribution < 1.29 is 14.6 Å². The Hall–Kier alpha value is -2.17. The molecule has 2 aromatic carbocycles. The molecule has 0 aliphatic carbocycles. The van der Waals surface area contributed by atoms with Crippen LogP contribution in [0.5, 0.6) is 0 Å². The van der Waals surface area contributed by atoms with Crippen LogP contribution in [0.2, 0.25) is 0 Å². The third-order valence-electron chi connectivity index (χ3n) is 3.63. The van der Waals surface area contributed by atoms with E-state index in [2.05, 4.69) is 0 Å². The Morgan fingerprint density at radius 2 is 1.67 bits per heavy atom. The highest BCUT2D eigenvalue weighted by Crippen LogP contribution is 2.43. The van der Waals surface area contributed by atoms with Crippen molar-refractivity contribution in [1.82, 2.24) is 0 Å². The van der Waals surface area contributed by atoms with E-state index in [9.17, 15) is 9.90 Å². The van der Waals surface area contributed by atoms with Gasteiger partial charge in [0.25, 0.3) is 0 Å². The third kappa shape index (κ3) is 3.35. The van der Waals surface area contributed by atoms with Gasteiger partial charge in [0.2, 0.25) is 0 Å². The molecule has 1 unspecified atom stereocenters. The molecular weight excluding hydrogens is 320 g/mol. The Morgan fingerprint density at radius 1 is 1.04 bits per heavy atom. The molecule has 3 aromatic rings. The Kier molecular flexibility index (Phi) is 4.43. The quantitative estimate of drug-likeness (QED) is 0.681. The highest BCUT2D eigenvalue weighted by Gasteiger charge is 2.32. The van der Waals surface area contributed by atoms with Gasteiger partial charge in [0.05, 0.1) is 5.60 Å². The van der Waals surface area contributed by atoms with E-state index in [0.717, 1.165) is 26.1 Å². The first-order valence-corrected chi connectivity index (χ1v) is 8.66. The predicted octanol–water partition coefficient (Wildman–Crippen LogP) is 5.51. The first kappa shape index (κ1) is 16.7. The van der Waals surface area contributed by atoms with Crippen molar-refractivity contribution in [2.75, 3.05) is 0 Å². The van der Waals surface area contributed by atoms with Gasteiger partial charge in [-0.05, 0) is 37.8 Å². The van der Waals surface area contributed by atoms with Crippen molar-refractivity contribution >= 4 is 27.4 Å². The van der Waals surface area contributed by atoms with Gasteiger partial charge in [-0.25, -0.2) is 4.79 Å². The highest BCUT2D eigenvalue weighted by molar-refractivity contribution is 7.22. The fraction of sp³-hybridized carbons (Fsp3) is 0.250. The third-order valence-corrected chi connectivity index (χ3v) is 4.86. The SMILES string of the molecule is CC(C)(C)OC(C(=O)O)c1c(-c2ccccc2)sc2ccccc12. The first-order chi connectivity index (χ1) is 11.4. The summed E-state index contributed by atoms with van der Waals surface area (Å²) in [6.45, 7) is 5.62. The van der Waals surface area contributed by atoms with E-state index in [4.69, 9.17) is 4.74 Å². The fourth-order valence-corrected chi connectivity index (χ4v) is 3.95. The van der Waals surface area contributed by atoms with Crippen LogP contribution in [0.4, 0.5) is 0 Å². The maximum Gasteiger partial charge on any atom is 0.337 e. The fourth-order valence-electron chi connectivity index (χ4n) is 2.72. The Balaban J connectivity index is 2.26. The summed E-state index contributed by atoms with van der Waals surface area (Å²) in [4.78, 5) is 12.9. The summed E-state index contributed by atoms with van der Waals surface area (Å²) in [7, 11) is 0. The summed E-state index contributed by atoms with van der Waals surface area (Å²) in [6.07, 6.45) is -1.00. The van der Waals surface area contributed by atoms with Crippen LogP contribution in [0.15, 0.2) is 54.6 Å². The van der Waals surface area contributed by atoms with E-state index < -0.39 is 17.7 Å². The standard InChI is InChI=1S/C20H20O3S/c1-20(2,3)23-17(19(21)22)16-14-11-7-8-12-15(14)24-18(16)13-9-5-4-6-10-13/h4-12,17H,1-3H3,(H,21,22). The normalized spacial score (nSPS) is 13.1. The number of thiophene rings is 1. The summed E-state index contributed by atoms with van der Waals surface area (Å²) in [5.74, 6) is -0.967. The van der Waals surface area contributed by atoms with E-state index in [1.54, 1.807) is 11.3 Å². The lowest BCUT2D eigenvalue weighted by molar-refractivity contribution is -0.160. The van der Waals surface area contributed by atoms with Crippen LogP contribution in [-0.2, 0) is 9.53 Å². The van der Waals surface area contributed by atoms with Gasteiger partial charge in [-0.2, -0.15) is 0 Å². The molecular formula is C20H20O3S. The zero-order chi connectivity index (χ0) is 17.3. The molecule has 0 aliphatic rings. The van der Waals surface area contributed by atoms with Crippen molar-refractivity contribution in [2.45, 2.75) is 32.5 Å². The summed E-state index contributed by atoms with van der Waals surface area (Å²) >= 11 is 1.61. The minimum absolute atomic E-state index is 0.556. The van der Waals surface area contributed by atoms with Crippen LogP contribution in [0.3, 0.4) is 0 Å². The lowest BCUT2D eigenvalue weighted by Crippen LogP contribution is -2.27. The van der Waals surface area contributed by atoms with Gasteiger partial charge in [-0.3, -0.25) is 0 Å². The van der Waals surface area contributed by atoms with Crippen molar-refractivity contribution in [3.05, 3.63) is 60.2 Å². The average molecular weight is 340 g/mol. The average Bonchev–Trinajstić information content (AvgIpc) is 2.91. The maximum atomic E-state index is 12.0. The number of carbonyl (C=O) groups is 1. The number of ether oxygens (including phenoxy) is 1. The highest BCUT2D eigenvalue weighted by atomic mass is 32.1. The molecule has 0 aliphatic heterocycles. The number of carboxylic acid groups (broad SMARTS) is 1. The molecule has 3 nitrogen and oxygen atoms in total. The predicted molar refractivity (Wildman–Crippen MR) is 98.5 cm³/mol. The zero-order valence-electron chi connectivity index (χ0n) is 13.9. The largest absolute Gasteiger partial charge is 0.479 e. The lowest BCUT2D eigenvalue weighted by Gasteiger charge is -2.25. The lowest BCUT2D eigenvalue weighted by atomic mass is 10.00. The van der Waals surface area contributed by atoms with Crippen molar-refractivity contribution in [1.29, 1.82) is 0 Å². The molecule has 1 atom stereocenters. The van der Waals surface area contributed by atoms with Crippen LogP contribution in [0.25, 0.3) is 20.5 Å². The molecule has 1 heterocycles. The second-order valence-electron chi connectivity index (χ2n) is 6.66. The van der Waals surface area contributed by atoms with Crippen LogP contribution in [0.1, 0.15) is 32.4 Å². The van der Waals surface area contributed by atoms with E-state index in [-0.39, 0.29) is 0 Å². The van der Waals surface area contributed by atoms with E-state index in [1.165, 1.54) is 0 Å². The van der Waals surface area contributed by atoms with Crippen LogP contribution in [-0.4, -0.2) is 16.7 Å². The van der Waals surface area contributed by atoms with Gasteiger partial charge in [-0.15, -0.1) is 11.3 Å². The molecule has 0 bridgehead atoms. The number of benzene rings is 2. The van der Waals surface area contributed by atoms with E-state index >= 15 is 0 Å². The van der Waals surface area contributed by atoms with Gasteiger partial charge < -0.3 is 9.84 Å². The molecule has 124 valence electrons. The molecule has 0 saturated heterocycles. The Morgan fingerprint density at radius 3 is 2.29 bits per heavy atom. The second-order valence-corrected chi connectivity index (χ2v) is 7.71. The summed E-state index contributed by atoms with van der Waals surface area (Å²) in [5.41, 5.74) is 1.20. The first-order valence-electron chi connectivity index (χ1n) is 7.84. The number of hydrogen-bond donors (Lipinski definition) is 1. The summed E-state index contributed by atoms with van der Waals surface area (Å²) in [6, 6.07) is 17.8. The topological polar surface area (TPSA) is 46.5 Å². The molecule has 3 rings (SSSR count). The van der Waals surface area contributed by atoms with Gasteiger partial charge in [-0.1, -0.05) is 48.5 Å².